The smallest absolute Gasteiger partial charge is 0.295 e. The first-order valence-corrected chi connectivity index (χ1v) is 14.2. The fourth-order valence-corrected chi connectivity index (χ4v) is 6.93. The number of alkyl halides is 1. The van der Waals surface area contributed by atoms with Crippen molar-refractivity contribution in [2.24, 2.45) is 0 Å². The van der Waals surface area contributed by atoms with E-state index in [1.165, 1.54) is 24.3 Å². The standard InChI is InChI=1S/C19H16ClNO10S3/c20-6-7-32(24,25)18-13-8-12(33(26,27)28)9-15(22)17(13)14(10-16(18)34(29,30)31)21-19(23)11-4-2-1-3-5-11/h1-5,8-10,22H,6-7H2,(H,21,23)(H,26,27,28)(H,29,30,31). The predicted octanol–water partition coefficient (Wildman–Crippen LogP) is 2.30. The molecule has 0 atom stereocenters. The molecule has 0 saturated carbocycles. The van der Waals surface area contributed by atoms with Gasteiger partial charge in [0.15, 0.2) is 9.84 Å². The number of fused-ring (bicyclic) bond motifs is 1. The van der Waals surface area contributed by atoms with Crippen LogP contribution in [0.1, 0.15) is 10.4 Å². The van der Waals surface area contributed by atoms with Crippen LogP contribution in [0.25, 0.3) is 10.8 Å². The van der Waals surface area contributed by atoms with Crippen LogP contribution >= 0.6 is 11.6 Å². The SMILES string of the molecule is O=C(Nc1cc(S(=O)(=O)O)c(S(=O)(=O)CCCl)c2cc(S(=O)(=O)O)cc(O)c12)c1ccccc1. The summed E-state index contributed by atoms with van der Waals surface area (Å²) in [6.45, 7) is 0. The third-order valence-corrected chi connectivity index (χ3v) is 8.68. The molecule has 0 unspecified atom stereocenters. The Morgan fingerprint density at radius 1 is 0.912 bits per heavy atom. The number of carbonyl (C=O) groups excluding carboxylic acids is 1. The number of benzene rings is 3. The lowest BCUT2D eigenvalue weighted by atomic mass is 10.1. The van der Waals surface area contributed by atoms with Gasteiger partial charge in [-0.15, -0.1) is 11.6 Å². The molecular weight excluding hydrogens is 534 g/mol. The van der Waals surface area contributed by atoms with Gasteiger partial charge in [-0.25, -0.2) is 8.42 Å². The fraction of sp³-hybridized carbons (Fsp3) is 0.105. The van der Waals surface area contributed by atoms with Crippen molar-refractivity contribution in [1.82, 2.24) is 0 Å². The molecule has 3 rings (SSSR count). The Kier molecular flexibility index (Phi) is 6.94. The van der Waals surface area contributed by atoms with Gasteiger partial charge in [-0.2, -0.15) is 16.8 Å². The molecule has 3 aromatic rings. The molecule has 0 saturated heterocycles. The maximum Gasteiger partial charge on any atom is 0.295 e. The number of sulfone groups is 1. The number of aromatic hydroxyl groups is 1. The third kappa shape index (κ3) is 5.16. The number of anilines is 1. The van der Waals surface area contributed by atoms with E-state index in [4.69, 9.17) is 11.6 Å². The lowest BCUT2D eigenvalue weighted by Gasteiger charge is -2.17. The summed E-state index contributed by atoms with van der Waals surface area (Å²) in [7, 11) is -14.9. The van der Waals surface area contributed by atoms with Crippen LogP contribution in [0, 0.1) is 0 Å². The molecule has 11 nitrogen and oxygen atoms in total. The Hall–Kier alpha value is -2.75. The van der Waals surface area contributed by atoms with Gasteiger partial charge in [-0.3, -0.25) is 13.9 Å². The molecule has 0 fully saturated rings. The van der Waals surface area contributed by atoms with Gasteiger partial charge >= 0.3 is 0 Å². The van der Waals surface area contributed by atoms with E-state index in [9.17, 15) is 44.3 Å². The van der Waals surface area contributed by atoms with Crippen LogP contribution in [0.15, 0.2) is 63.2 Å². The summed E-state index contributed by atoms with van der Waals surface area (Å²) in [5.74, 6) is -3.01. The van der Waals surface area contributed by atoms with Crippen LogP contribution in [0.3, 0.4) is 0 Å². The topological polar surface area (TPSA) is 192 Å². The normalized spacial score (nSPS) is 12.6. The number of amides is 1. The first-order chi connectivity index (χ1) is 15.7. The minimum Gasteiger partial charge on any atom is -0.507 e. The van der Waals surface area contributed by atoms with Crippen molar-refractivity contribution < 1.29 is 44.3 Å². The third-order valence-electron chi connectivity index (χ3n) is 4.62. The van der Waals surface area contributed by atoms with Gasteiger partial charge in [0.1, 0.15) is 10.6 Å². The fourth-order valence-electron chi connectivity index (χ4n) is 3.21. The van der Waals surface area contributed by atoms with Gasteiger partial charge < -0.3 is 10.4 Å². The maximum absolute atomic E-state index is 12.9. The van der Waals surface area contributed by atoms with Gasteiger partial charge in [0.25, 0.3) is 26.1 Å². The van der Waals surface area contributed by atoms with Crippen LogP contribution in [-0.4, -0.2) is 57.0 Å². The number of hydrogen-bond acceptors (Lipinski definition) is 8. The van der Waals surface area contributed by atoms with Crippen molar-refractivity contribution in [2.75, 3.05) is 16.9 Å². The van der Waals surface area contributed by atoms with Gasteiger partial charge in [-0.05, 0) is 24.3 Å². The zero-order chi connectivity index (χ0) is 25.5. The Morgan fingerprint density at radius 3 is 2.06 bits per heavy atom. The lowest BCUT2D eigenvalue weighted by Crippen LogP contribution is -2.17. The number of hydrogen-bond donors (Lipinski definition) is 4. The second-order valence-corrected chi connectivity index (χ2v) is 12.1. The van der Waals surface area contributed by atoms with E-state index >= 15 is 0 Å². The van der Waals surface area contributed by atoms with Gasteiger partial charge in [0.2, 0.25) is 0 Å². The Bertz CT molecular complexity index is 1620. The van der Waals surface area contributed by atoms with Gasteiger partial charge in [-0.1, -0.05) is 18.2 Å². The van der Waals surface area contributed by atoms with Crippen LogP contribution in [0.2, 0.25) is 0 Å². The number of halogens is 1. The molecule has 182 valence electrons. The molecule has 0 aliphatic carbocycles. The summed E-state index contributed by atoms with van der Waals surface area (Å²) in [6.07, 6.45) is 0. The number of phenols is 1. The van der Waals surface area contributed by atoms with Gasteiger partial charge in [0, 0.05) is 28.3 Å². The summed E-state index contributed by atoms with van der Waals surface area (Å²) in [5.41, 5.74) is -0.349. The lowest BCUT2D eigenvalue weighted by molar-refractivity contribution is 0.102. The highest BCUT2D eigenvalue weighted by Gasteiger charge is 2.32. The molecule has 15 heteroatoms. The van der Waals surface area contributed by atoms with Crippen LogP contribution in [0.4, 0.5) is 5.69 Å². The Balaban J connectivity index is 2.51. The van der Waals surface area contributed by atoms with Crippen LogP contribution in [0.5, 0.6) is 5.75 Å². The summed E-state index contributed by atoms with van der Waals surface area (Å²) < 4.78 is 92.6. The molecule has 34 heavy (non-hydrogen) atoms. The number of phenolic OH excluding ortho intramolecular Hbond substituents is 1. The number of nitrogens with one attached hydrogen (secondary N) is 1. The second kappa shape index (κ2) is 9.13. The first kappa shape index (κ1) is 25.9. The van der Waals surface area contributed by atoms with E-state index in [2.05, 4.69) is 5.32 Å². The van der Waals surface area contributed by atoms with Crippen molar-refractivity contribution in [2.45, 2.75) is 14.7 Å². The largest absolute Gasteiger partial charge is 0.507 e. The van der Waals surface area contributed by atoms with E-state index in [0.29, 0.717) is 18.2 Å². The van der Waals surface area contributed by atoms with E-state index in [1.807, 2.05) is 0 Å². The van der Waals surface area contributed by atoms with E-state index in [0.717, 1.165) is 0 Å². The van der Waals surface area contributed by atoms with Gasteiger partial charge in [0.05, 0.1) is 21.2 Å². The molecule has 0 bridgehead atoms. The van der Waals surface area contributed by atoms with Crippen molar-refractivity contribution in [1.29, 1.82) is 0 Å². The maximum atomic E-state index is 12.9. The highest BCUT2D eigenvalue weighted by Crippen LogP contribution is 2.42. The molecule has 1 amide bonds. The average molecular weight is 550 g/mol. The van der Waals surface area contributed by atoms with Crippen molar-refractivity contribution >= 4 is 64.0 Å². The molecule has 0 aromatic heterocycles. The first-order valence-electron chi connectivity index (χ1n) is 9.10. The van der Waals surface area contributed by atoms with Crippen LogP contribution in [-0.2, 0) is 30.1 Å². The molecule has 0 heterocycles. The molecular formula is C19H16ClNO10S3. The highest BCUT2D eigenvalue weighted by atomic mass is 35.5. The van der Waals surface area contributed by atoms with Crippen molar-refractivity contribution in [3.05, 3.63) is 54.1 Å². The molecule has 0 spiro atoms. The minimum atomic E-state index is -5.28. The van der Waals surface area contributed by atoms with E-state index < -0.39 is 84.5 Å². The monoisotopic (exact) mass is 549 g/mol. The summed E-state index contributed by atoms with van der Waals surface area (Å²) in [5, 5.41) is 11.7. The molecule has 4 N–H and O–H groups in total. The molecule has 0 aliphatic heterocycles. The molecule has 0 radical (unpaired) electrons. The van der Waals surface area contributed by atoms with E-state index in [-0.39, 0.29) is 5.56 Å². The highest BCUT2D eigenvalue weighted by molar-refractivity contribution is 7.93. The number of carbonyl (C=O) groups is 1. The Labute approximate surface area is 199 Å². The molecule has 0 aliphatic rings. The van der Waals surface area contributed by atoms with Crippen LogP contribution < -0.4 is 5.32 Å². The van der Waals surface area contributed by atoms with Crippen molar-refractivity contribution in [3.63, 3.8) is 0 Å². The second-order valence-electron chi connectivity index (χ2n) is 6.89. The summed E-state index contributed by atoms with van der Waals surface area (Å²) in [6, 6.07) is 9.32. The quantitative estimate of drug-likeness (QED) is 0.251. The zero-order valence-electron chi connectivity index (χ0n) is 16.8. The zero-order valence-corrected chi connectivity index (χ0v) is 20.0. The van der Waals surface area contributed by atoms with Crippen molar-refractivity contribution in [3.8, 4) is 5.75 Å². The number of rotatable bonds is 7. The van der Waals surface area contributed by atoms with E-state index in [1.54, 1.807) is 6.07 Å². The minimum absolute atomic E-state index is 0.108. The summed E-state index contributed by atoms with van der Waals surface area (Å²) >= 11 is 5.52. The predicted molar refractivity (Wildman–Crippen MR) is 122 cm³/mol. The summed E-state index contributed by atoms with van der Waals surface area (Å²) in [4.78, 5) is 9.44. The average Bonchev–Trinajstić information content (AvgIpc) is 2.72. The Morgan fingerprint density at radius 2 is 1.53 bits per heavy atom. The molecule has 3 aromatic carbocycles.